The Morgan fingerprint density at radius 3 is 2.67 bits per heavy atom. The van der Waals surface area contributed by atoms with Crippen LogP contribution in [0.5, 0.6) is 0 Å². The van der Waals surface area contributed by atoms with Crippen molar-refractivity contribution in [1.82, 2.24) is 4.90 Å². The summed E-state index contributed by atoms with van der Waals surface area (Å²) >= 11 is 1.37. The van der Waals surface area contributed by atoms with Gasteiger partial charge in [0.2, 0.25) is 5.91 Å². The van der Waals surface area contributed by atoms with Crippen LogP contribution in [0, 0.1) is 0 Å². The number of ether oxygens (including phenoxy) is 1. The van der Waals surface area contributed by atoms with Crippen molar-refractivity contribution in [3.63, 3.8) is 0 Å². The Labute approximate surface area is 148 Å². The Balaban J connectivity index is 0.00000161. The van der Waals surface area contributed by atoms with Gasteiger partial charge in [0, 0.05) is 4.91 Å². The number of amides is 1. The van der Waals surface area contributed by atoms with E-state index >= 15 is 0 Å². The number of β-lactam (4-membered cyclic amide) rings is 1. The molecule has 1 aromatic carbocycles. The third-order valence-electron chi connectivity index (χ3n) is 3.23. The minimum Gasteiger partial charge on any atom is -0.543 e. The van der Waals surface area contributed by atoms with Crippen LogP contribution in [-0.2, 0) is 20.9 Å². The summed E-state index contributed by atoms with van der Waals surface area (Å²) in [5.41, 5.74) is 0.995. The van der Waals surface area contributed by atoms with Crippen molar-refractivity contribution >= 4 is 23.6 Å². The van der Waals surface area contributed by atoms with E-state index in [-0.39, 0.29) is 53.1 Å². The average Bonchev–Trinajstić information content (AvgIpc) is 2.73. The van der Waals surface area contributed by atoms with Gasteiger partial charge in [0.05, 0.1) is 36.7 Å². The van der Waals surface area contributed by atoms with Gasteiger partial charge in [-0.3, -0.25) is 9.69 Å². The number of rotatable bonds is 5. The molecule has 3 rings (SSSR count). The first-order valence-corrected chi connectivity index (χ1v) is 7.09. The normalized spacial score (nSPS) is 19.9. The number of fused-ring (bicyclic) bond motifs is 1. The number of benzene rings is 1. The first-order valence-electron chi connectivity index (χ1n) is 6.21. The van der Waals surface area contributed by atoms with E-state index in [2.05, 4.69) is 0 Å². The summed E-state index contributed by atoms with van der Waals surface area (Å²) in [6, 6.07) is 9.63. The third-order valence-corrected chi connectivity index (χ3v) is 4.47. The Hall–Kier alpha value is -0.790. The average molecular weight is 313 g/mol. The van der Waals surface area contributed by atoms with Crippen molar-refractivity contribution in [3.8, 4) is 0 Å². The number of aliphatic carboxylic acids is 1. The van der Waals surface area contributed by atoms with Crippen LogP contribution >= 0.6 is 11.8 Å². The van der Waals surface area contributed by atoms with Crippen molar-refractivity contribution in [1.29, 1.82) is 0 Å². The predicted molar refractivity (Wildman–Crippen MR) is 71.0 cm³/mol. The van der Waals surface area contributed by atoms with E-state index < -0.39 is 5.97 Å². The fraction of sp³-hybridized carbons (Fsp3) is 0.286. The Kier molecular flexibility index (Phi) is 5.51. The smallest absolute Gasteiger partial charge is 0.543 e. The zero-order valence-corrected chi connectivity index (χ0v) is 14.4. The zero-order valence-electron chi connectivity index (χ0n) is 11.6. The zero-order chi connectivity index (χ0) is 14.1. The van der Waals surface area contributed by atoms with Gasteiger partial charge in [-0.05, 0) is 5.56 Å². The Morgan fingerprint density at radius 1 is 1.33 bits per heavy atom. The molecular formula is C14H12NNaO4S. The van der Waals surface area contributed by atoms with Gasteiger partial charge in [-0.15, -0.1) is 0 Å². The third kappa shape index (κ3) is 3.35. The van der Waals surface area contributed by atoms with E-state index in [1.807, 2.05) is 30.3 Å². The number of hydrogen-bond donors (Lipinski definition) is 0. The number of carboxylic acids is 1. The fourth-order valence-corrected chi connectivity index (χ4v) is 3.58. The van der Waals surface area contributed by atoms with Crippen molar-refractivity contribution in [3.05, 3.63) is 46.5 Å². The molecule has 1 saturated heterocycles. The molecule has 5 nitrogen and oxygen atoms in total. The van der Waals surface area contributed by atoms with E-state index in [0.717, 1.165) is 5.56 Å². The van der Waals surface area contributed by atoms with Gasteiger partial charge in [-0.25, -0.2) is 0 Å². The molecule has 2 aliphatic heterocycles. The van der Waals surface area contributed by atoms with Crippen LogP contribution in [0.3, 0.4) is 0 Å². The number of carboxylic acid groups (broad SMARTS) is 1. The molecular weight excluding hydrogens is 301 g/mol. The fourth-order valence-electron chi connectivity index (χ4n) is 2.25. The number of nitrogens with zero attached hydrogens (tertiary/aromatic N) is 1. The maximum absolute atomic E-state index is 11.4. The monoisotopic (exact) mass is 313 g/mol. The molecule has 21 heavy (non-hydrogen) atoms. The van der Waals surface area contributed by atoms with Crippen LogP contribution in [0.25, 0.3) is 0 Å². The van der Waals surface area contributed by atoms with Gasteiger partial charge >= 0.3 is 29.6 Å². The van der Waals surface area contributed by atoms with Gasteiger partial charge in [-0.2, -0.15) is 0 Å². The SMILES string of the molecule is O=C([O-])C1=C(COCc2ccccc2)S[C@@H]2CC(=O)N12.[Na+]. The van der Waals surface area contributed by atoms with Crippen molar-refractivity contribution in [2.75, 3.05) is 6.61 Å². The summed E-state index contributed by atoms with van der Waals surface area (Å²) in [5, 5.41) is 11.1. The summed E-state index contributed by atoms with van der Waals surface area (Å²) in [4.78, 5) is 24.4. The molecule has 0 saturated carbocycles. The molecule has 2 heterocycles. The Morgan fingerprint density at radius 2 is 2.05 bits per heavy atom. The van der Waals surface area contributed by atoms with Crippen LogP contribution in [0.2, 0.25) is 0 Å². The van der Waals surface area contributed by atoms with Crippen LogP contribution in [0.15, 0.2) is 40.9 Å². The summed E-state index contributed by atoms with van der Waals surface area (Å²) in [6.45, 7) is 0.590. The van der Waals surface area contributed by atoms with E-state index in [1.54, 1.807) is 0 Å². The van der Waals surface area contributed by atoms with Crippen molar-refractivity contribution in [2.24, 2.45) is 0 Å². The number of thioether (sulfide) groups is 1. The van der Waals surface area contributed by atoms with Crippen molar-refractivity contribution in [2.45, 2.75) is 18.4 Å². The largest absolute Gasteiger partial charge is 1.00 e. The first kappa shape index (κ1) is 16.6. The number of hydrogen-bond acceptors (Lipinski definition) is 5. The molecule has 104 valence electrons. The van der Waals surface area contributed by atoms with Crippen molar-refractivity contribution < 1.29 is 49.0 Å². The topological polar surface area (TPSA) is 69.7 Å². The van der Waals surface area contributed by atoms with E-state index in [1.165, 1.54) is 16.7 Å². The Bertz CT molecular complexity index is 590. The maximum atomic E-state index is 11.4. The van der Waals surface area contributed by atoms with E-state index in [4.69, 9.17) is 4.74 Å². The molecule has 7 heteroatoms. The van der Waals surface area contributed by atoms with E-state index in [0.29, 0.717) is 17.9 Å². The molecule has 0 N–H and O–H groups in total. The van der Waals surface area contributed by atoms with E-state index in [9.17, 15) is 14.7 Å². The second-order valence-electron chi connectivity index (χ2n) is 4.58. The molecule has 0 radical (unpaired) electrons. The van der Waals surface area contributed by atoms with Gasteiger partial charge in [0.15, 0.2) is 0 Å². The minimum atomic E-state index is -1.31. The maximum Gasteiger partial charge on any atom is 1.00 e. The van der Waals surface area contributed by atoms with Gasteiger partial charge in [0.25, 0.3) is 0 Å². The molecule has 0 bridgehead atoms. The molecule has 1 fully saturated rings. The predicted octanol–water partition coefficient (Wildman–Crippen LogP) is -2.53. The molecule has 1 aromatic rings. The second kappa shape index (κ2) is 6.98. The number of carbonyl (C=O) groups excluding carboxylic acids is 2. The van der Waals surface area contributed by atoms with Crippen LogP contribution in [-0.4, -0.2) is 28.8 Å². The molecule has 0 aliphatic carbocycles. The summed E-state index contributed by atoms with van der Waals surface area (Å²) in [7, 11) is 0. The van der Waals surface area contributed by atoms with Gasteiger partial charge in [0.1, 0.15) is 0 Å². The second-order valence-corrected chi connectivity index (χ2v) is 5.85. The number of carbonyl (C=O) groups is 2. The molecule has 1 atom stereocenters. The molecule has 0 spiro atoms. The van der Waals surface area contributed by atoms with Gasteiger partial charge < -0.3 is 14.6 Å². The molecule has 2 aliphatic rings. The first-order chi connectivity index (χ1) is 9.66. The molecule has 1 amide bonds. The summed E-state index contributed by atoms with van der Waals surface area (Å²) in [5.74, 6) is -1.48. The summed E-state index contributed by atoms with van der Waals surface area (Å²) in [6.07, 6.45) is 0.379. The molecule has 0 unspecified atom stereocenters. The summed E-state index contributed by atoms with van der Waals surface area (Å²) < 4.78 is 5.54. The molecule has 0 aromatic heterocycles. The quantitative estimate of drug-likeness (QED) is 0.443. The van der Waals surface area contributed by atoms with Gasteiger partial charge in [-0.1, -0.05) is 42.1 Å². The van der Waals surface area contributed by atoms with Crippen LogP contribution in [0.1, 0.15) is 12.0 Å². The standard InChI is InChI=1S/C14H13NO4S.Na/c16-11-6-12-15(11)13(14(17)18)10(20-12)8-19-7-9-4-2-1-3-5-9;/h1-5,12H,6-8H2,(H,17,18);/q;+1/p-1/t12-;/m1./s1. The van der Waals surface area contributed by atoms with Crippen LogP contribution < -0.4 is 34.7 Å². The van der Waals surface area contributed by atoms with Crippen LogP contribution in [0.4, 0.5) is 0 Å². The minimum absolute atomic E-state index is 0.